The van der Waals surface area contributed by atoms with Crippen molar-refractivity contribution in [2.24, 2.45) is 5.41 Å². The molecule has 1 aromatic rings. The van der Waals surface area contributed by atoms with Crippen molar-refractivity contribution in [2.45, 2.75) is 33.7 Å². The molecule has 2 amide bonds. The van der Waals surface area contributed by atoms with Crippen molar-refractivity contribution < 1.29 is 14.3 Å². The first kappa shape index (κ1) is 18.0. The fraction of sp³-hybridized carbons (Fsp3) is 0.529. The molecule has 0 saturated heterocycles. The summed E-state index contributed by atoms with van der Waals surface area (Å²) >= 11 is 0. The molecule has 1 N–H and O–H groups in total. The van der Waals surface area contributed by atoms with E-state index in [-0.39, 0.29) is 11.8 Å². The molecule has 0 aliphatic rings. The van der Waals surface area contributed by atoms with Crippen molar-refractivity contribution in [3.05, 3.63) is 30.3 Å². The second-order valence-corrected chi connectivity index (χ2v) is 6.37. The summed E-state index contributed by atoms with van der Waals surface area (Å²) < 4.78 is 5.56. The Balaban J connectivity index is 2.39. The van der Waals surface area contributed by atoms with Gasteiger partial charge in [-0.1, -0.05) is 39.0 Å². The van der Waals surface area contributed by atoms with Gasteiger partial charge in [0.05, 0.1) is 6.54 Å². The zero-order chi connectivity index (χ0) is 16.8. The molecule has 0 aliphatic carbocycles. The van der Waals surface area contributed by atoms with Crippen LogP contribution in [0.3, 0.4) is 0 Å². The lowest BCUT2D eigenvalue weighted by Gasteiger charge is -2.25. The summed E-state index contributed by atoms with van der Waals surface area (Å²) in [6.45, 7) is 8.01. The van der Waals surface area contributed by atoms with Gasteiger partial charge in [0, 0.05) is 12.5 Å². The van der Waals surface area contributed by atoms with Crippen molar-refractivity contribution in [1.29, 1.82) is 0 Å². The molecular weight excluding hydrogens is 280 g/mol. The topological polar surface area (TPSA) is 58.6 Å². The molecule has 1 unspecified atom stereocenters. The number of ether oxygens (including phenoxy) is 1. The molecule has 0 saturated carbocycles. The lowest BCUT2D eigenvalue weighted by atomic mass is 9.95. The maximum absolute atomic E-state index is 12.2. The number of hydrogen-bond donors (Lipinski definition) is 1. The van der Waals surface area contributed by atoms with E-state index in [1.807, 2.05) is 51.1 Å². The average molecular weight is 306 g/mol. The molecule has 1 atom stereocenters. The third-order valence-corrected chi connectivity index (χ3v) is 3.21. The number of nitrogens with one attached hydrogen (secondary N) is 1. The Labute approximate surface area is 132 Å². The smallest absolute Gasteiger partial charge is 0.244 e. The lowest BCUT2D eigenvalue weighted by molar-refractivity contribution is -0.137. The number of amides is 2. The predicted octanol–water partition coefficient (Wildman–Crippen LogP) is 2.07. The van der Waals surface area contributed by atoms with Gasteiger partial charge < -0.3 is 15.0 Å². The molecule has 1 rings (SSSR count). The molecule has 0 heterocycles. The Bertz CT molecular complexity index is 494. The predicted molar refractivity (Wildman–Crippen MR) is 86.6 cm³/mol. The number of rotatable bonds is 6. The van der Waals surface area contributed by atoms with Crippen molar-refractivity contribution in [2.75, 3.05) is 20.2 Å². The van der Waals surface area contributed by atoms with Crippen LogP contribution in [0.5, 0.6) is 5.75 Å². The van der Waals surface area contributed by atoms with E-state index >= 15 is 0 Å². The number of carbonyl (C=O) groups excluding carboxylic acids is 2. The van der Waals surface area contributed by atoms with Crippen LogP contribution in [-0.2, 0) is 9.59 Å². The summed E-state index contributed by atoms with van der Waals surface area (Å²) in [7, 11) is 1.70. The highest BCUT2D eigenvalue weighted by Crippen LogP contribution is 2.13. The van der Waals surface area contributed by atoms with Crippen LogP contribution in [0.15, 0.2) is 30.3 Å². The van der Waals surface area contributed by atoms with Crippen molar-refractivity contribution in [1.82, 2.24) is 10.2 Å². The van der Waals surface area contributed by atoms with E-state index in [2.05, 4.69) is 5.32 Å². The Kier molecular flexibility index (Phi) is 6.40. The summed E-state index contributed by atoms with van der Waals surface area (Å²) in [6, 6.07) is 8.90. The Hall–Kier alpha value is -2.04. The van der Waals surface area contributed by atoms with Crippen LogP contribution in [0.25, 0.3) is 0 Å². The van der Waals surface area contributed by atoms with E-state index in [4.69, 9.17) is 4.74 Å². The Morgan fingerprint density at radius 3 is 2.36 bits per heavy atom. The van der Waals surface area contributed by atoms with Crippen LogP contribution in [0.2, 0.25) is 0 Å². The number of hydrogen-bond acceptors (Lipinski definition) is 3. The number of nitrogens with zero attached hydrogens (tertiary/aromatic N) is 1. The van der Waals surface area contributed by atoms with Gasteiger partial charge in [0.2, 0.25) is 11.8 Å². The van der Waals surface area contributed by atoms with Gasteiger partial charge in [-0.15, -0.1) is 0 Å². The minimum atomic E-state index is -0.548. The summed E-state index contributed by atoms with van der Waals surface area (Å²) in [6.07, 6.45) is 0. The van der Waals surface area contributed by atoms with Crippen LogP contribution in [0, 0.1) is 5.41 Å². The highest BCUT2D eigenvalue weighted by atomic mass is 16.5. The lowest BCUT2D eigenvalue weighted by Crippen LogP contribution is -2.49. The second-order valence-electron chi connectivity index (χ2n) is 6.37. The molecule has 5 heteroatoms. The zero-order valence-corrected chi connectivity index (χ0v) is 14.1. The molecule has 0 fully saturated rings. The molecule has 0 bridgehead atoms. The largest absolute Gasteiger partial charge is 0.492 e. The highest BCUT2D eigenvalue weighted by molar-refractivity contribution is 5.89. The van der Waals surface area contributed by atoms with Gasteiger partial charge in [-0.25, -0.2) is 0 Å². The van der Waals surface area contributed by atoms with Crippen LogP contribution in [-0.4, -0.2) is 43.0 Å². The first-order valence-electron chi connectivity index (χ1n) is 7.45. The van der Waals surface area contributed by atoms with E-state index in [9.17, 15) is 9.59 Å². The SMILES string of the molecule is CC(NC(=O)C(C)(C)C)C(=O)N(C)CCOc1ccccc1. The van der Waals surface area contributed by atoms with Crippen molar-refractivity contribution in [3.63, 3.8) is 0 Å². The van der Waals surface area contributed by atoms with Gasteiger partial charge >= 0.3 is 0 Å². The van der Waals surface area contributed by atoms with Gasteiger partial charge in [-0.2, -0.15) is 0 Å². The van der Waals surface area contributed by atoms with Crippen LogP contribution >= 0.6 is 0 Å². The number of benzene rings is 1. The molecular formula is C17H26N2O3. The summed E-state index contributed by atoms with van der Waals surface area (Å²) in [5, 5.41) is 2.74. The minimum absolute atomic E-state index is 0.130. The molecule has 0 spiro atoms. The van der Waals surface area contributed by atoms with E-state index in [0.717, 1.165) is 5.75 Å². The Morgan fingerprint density at radius 2 is 1.82 bits per heavy atom. The molecule has 5 nitrogen and oxygen atoms in total. The first-order valence-corrected chi connectivity index (χ1v) is 7.45. The summed E-state index contributed by atoms with van der Waals surface area (Å²) in [5.74, 6) is 0.508. The van der Waals surface area contributed by atoms with Gasteiger partial charge in [-0.3, -0.25) is 9.59 Å². The maximum Gasteiger partial charge on any atom is 0.244 e. The fourth-order valence-corrected chi connectivity index (χ4v) is 1.73. The van der Waals surface area contributed by atoms with Gasteiger partial charge in [0.15, 0.2) is 0 Å². The van der Waals surface area contributed by atoms with Gasteiger partial charge in [0.25, 0.3) is 0 Å². The third-order valence-electron chi connectivity index (χ3n) is 3.21. The monoisotopic (exact) mass is 306 g/mol. The van der Waals surface area contributed by atoms with E-state index in [0.29, 0.717) is 13.2 Å². The van der Waals surface area contributed by atoms with Crippen LogP contribution in [0.1, 0.15) is 27.7 Å². The van der Waals surface area contributed by atoms with Crippen LogP contribution < -0.4 is 10.1 Å². The van der Waals surface area contributed by atoms with Gasteiger partial charge in [0.1, 0.15) is 18.4 Å². The number of likely N-dealkylation sites (N-methyl/N-ethyl adjacent to an activating group) is 1. The average Bonchev–Trinajstić information content (AvgIpc) is 2.46. The fourth-order valence-electron chi connectivity index (χ4n) is 1.73. The molecule has 0 aromatic heterocycles. The molecule has 0 aliphatic heterocycles. The Morgan fingerprint density at radius 1 is 1.23 bits per heavy atom. The number of carbonyl (C=O) groups is 2. The quantitative estimate of drug-likeness (QED) is 0.875. The van der Waals surface area contributed by atoms with Crippen molar-refractivity contribution in [3.8, 4) is 5.75 Å². The highest BCUT2D eigenvalue weighted by Gasteiger charge is 2.26. The van der Waals surface area contributed by atoms with Crippen molar-refractivity contribution >= 4 is 11.8 Å². The summed E-state index contributed by atoms with van der Waals surface area (Å²) in [5.41, 5.74) is -0.510. The molecule has 22 heavy (non-hydrogen) atoms. The first-order chi connectivity index (χ1) is 10.2. The number of para-hydroxylation sites is 1. The zero-order valence-electron chi connectivity index (χ0n) is 14.1. The van der Waals surface area contributed by atoms with Gasteiger partial charge in [-0.05, 0) is 19.1 Å². The van der Waals surface area contributed by atoms with E-state index < -0.39 is 11.5 Å². The van der Waals surface area contributed by atoms with E-state index in [1.54, 1.807) is 18.9 Å². The minimum Gasteiger partial charge on any atom is -0.492 e. The second kappa shape index (κ2) is 7.82. The maximum atomic E-state index is 12.2. The van der Waals surface area contributed by atoms with Crippen LogP contribution in [0.4, 0.5) is 0 Å². The van der Waals surface area contributed by atoms with E-state index in [1.165, 1.54) is 0 Å². The standard InChI is InChI=1S/C17H26N2O3/c1-13(18-16(21)17(2,3)4)15(20)19(5)11-12-22-14-9-7-6-8-10-14/h6-10,13H,11-12H2,1-5H3,(H,18,21). The molecule has 1 aromatic carbocycles. The molecule has 122 valence electrons. The molecule has 0 radical (unpaired) electrons. The third kappa shape index (κ3) is 5.76. The summed E-state index contributed by atoms with van der Waals surface area (Å²) in [4.78, 5) is 25.7. The normalized spacial score (nSPS) is 12.4.